The molecule has 0 saturated carbocycles. The number of aryl methyl sites for hydroxylation is 3. The van der Waals surface area contributed by atoms with Gasteiger partial charge in [-0.15, -0.1) is 0 Å². The van der Waals surface area contributed by atoms with Gasteiger partial charge in [-0.1, -0.05) is 53.2 Å². The molecule has 0 aliphatic carbocycles. The van der Waals surface area contributed by atoms with Gasteiger partial charge in [0.15, 0.2) is 0 Å². The average Bonchev–Trinajstić information content (AvgIpc) is 2.39. The summed E-state index contributed by atoms with van der Waals surface area (Å²) >= 11 is 0. The van der Waals surface area contributed by atoms with Crippen LogP contribution < -0.4 is 5.19 Å². The van der Waals surface area contributed by atoms with Gasteiger partial charge in [0.1, 0.15) is 9.52 Å². The van der Waals surface area contributed by atoms with Crippen LogP contribution in [0.25, 0.3) is 0 Å². The first kappa shape index (κ1) is 14.0. The van der Waals surface area contributed by atoms with Crippen LogP contribution in [0.3, 0.4) is 0 Å². The molecular formula is C17H20OSi. The Hall–Kier alpha value is -1.38. The van der Waals surface area contributed by atoms with Gasteiger partial charge < -0.3 is 4.74 Å². The van der Waals surface area contributed by atoms with Crippen LogP contribution in [0, 0.1) is 20.8 Å². The van der Waals surface area contributed by atoms with Crippen LogP contribution in [-0.2, 0) is 11.3 Å². The molecule has 0 fully saturated rings. The molecule has 98 valence electrons. The van der Waals surface area contributed by atoms with Crippen LogP contribution in [0.15, 0.2) is 42.5 Å². The van der Waals surface area contributed by atoms with E-state index in [1.165, 1.54) is 27.4 Å². The van der Waals surface area contributed by atoms with Gasteiger partial charge in [-0.3, -0.25) is 0 Å². The Morgan fingerprint density at radius 3 is 2.16 bits per heavy atom. The Morgan fingerprint density at radius 2 is 1.47 bits per heavy atom. The SMILES string of the molecule is Cc1ccccc1[Si]COCc1c(C)cccc1C. The van der Waals surface area contributed by atoms with Crippen LogP contribution in [0.2, 0.25) is 0 Å². The van der Waals surface area contributed by atoms with Crippen molar-refractivity contribution >= 4 is 14.7 Å². The zero-order valence-corrected chi connectivity index (χ0v) is 12.9. The smallest absolute Gasteiger partial charge is 0.115 e. The second-order valence-electron chi connectivity index (χ2n) is 4.85. The average molecular weight is 268 g/mol. The predicted octanol–water partition coefficient (Wildman–Crippen LogP) is 3.12. The van der Waals surface area contributed by atoms with E-state index in [1.54, 1.807) is 0 Å². The summed E-state index contributed by atoms with van der Waals surface area (Å²) in [6.45, 7) is 7.18. The van der Waals surface area contributed by atoms with E-state index in [-0.39, 0.29) is 0 Å². The van der Waals surface area contributed by atoms with E-state index < -0.39 is 0 Å². The fourth-order valence-electron chi connectivity index (χ4n) is 2.13. The van der Waals surface area contributed by atoms with E-state index in [2.05, 4.69) is 63.2 Å². The van der Waals surface area contributed by atoms with Crippen molar-refractivity contribution in [3.05, 3.63) is 64.7 Å². The van der Waals surface area contributed by atoms with Gasteiger partial charge in [-0.2, -0.15) is 0 Å². The molecular weight excluding hydrogens is 248 g/mol. The molecule has 0 aliphatic heterocycles. The normalized spacial score (nSPS) is 10.7. The number of hydrogen-bond donors (Lipinski definition) is 0. The second-order valence-corrected chi connectivity index (χ2v) is 6.04. The Labute approximate surface area is 118 Å². The molecule has 2 aromatic rings. The summed E-state index contributed by atoms with van der Waals surface area (Å²) in [4.78, 5) is 0. The van der Waals surface area contributed by atoms with Gasteiger partial charge in [-0.05, 0) is 37.5 Å². The predicted molar refractivity (Wildman–Crippen MR) is 82.1 cm³/mol. The molecule has 0 saturated heterocycles. The van der Waals surface area contributed by atoms with Crippen molar-refractivity contribution in [2.75, 3.05) is 6.23 Å². The molecule has 0 amide bonds. The topological polar surface area (TPSA) is 9.23 Å². The number of ether oxygens (including phenoxy) is 1. The molecule has 0 atom stereocenters. The van der Waals surface area contributed by atoms with Gasteiger partial charge in [0.05, 0.1) is 6.61 Å². The third-order valence-electron chi connectivity index (χ3n) is 3.40. The minimum atomic E-state index is 0.720. The molecule has 0 heterocycles. The van der Waals surface area contributed by atoms with E-state index in [1.807, 2.05) is 0 Å². The summed E-state index contributed by atoms with van der Waals surface area (Å²) in [6, 6.07) is 14.9. The van der Waals surface area contributed by atoms with Gasteiger partial charge in [0.25, 0.3) is 0 Å². The van der Waals surface area contributed by atoms with Crippen LogP contribution >= 0.6 is 0 Å². The standard InChI is InChI=1S/C17H20OSi/c1-13-8-6-9-14(2)16(13)11-18-12-19-17-10-5-4-7-15(17)3/h4-10H,11-12H2,1-3H3. The summed E-state index contributed by atoms with van der Waals surface area (Å²) in [7, 11) is 0.726. The summed E-state index contributed by atoms with van der Waals surface area (Å²) in [6.07, 6.45) is 0.804. The molecule has 0 N–H and O–H groups in total. The summed E-state index contributed by atoms with van der Waals surface area (Å²) < 4.78 is 5.85. The van der Waals surface area contributed by atoms with Crippen LogP contribution in [-0.4, -0.2) is 15.7 Å². The van der Waals surface area contributed by atoms with Crippen LogP contribution in [0.4, 0.5) is 0 Å². The number of hydrogen-bond acceptors (Lipinski definition) is 1. The molecule has 0 spiro atoms. The lowest BCUT2D eigenvalue weighted by Gasteiger charge is -2.10. The van der Waals surface area contributed by atoms with E-state index >= 15 is 0 Å². The van der Waals surface area contributed by atoms with Crippen molar-refractivity contribution in [1.29, 1.82) is 0 Å². The lowest BCUT2D eigenvalue weighted by molar-refractivity contribution is 0.163. The maximum atomic E-state index is 5.85. The van der Waals surface area contributed by atoms with E-state index in [0.29, 0.717) is 0 Å². The van der Waals surface area contributed by atoms with Crippen LogP contribution in [0.1, 0.15) is 22.3 Å². The monoisotopic (exact) mass is 268 g/mol. The first-order valence-electron chi connectivity index (χ1n) is 6.61. The highest BCUT2D eigenvalue weighted by Gasteiger charge is 2.03. The molecule has 2 heteroatoms. The van der Waals surface area contributed by atoms with Crippen molar-refractivity contribution in [3.63, 3.8) is 0 Å². The maximum Gasteiger partial charge on any atom is 0.115 e. The van der Waals surface area contributed by atoms with E-state index in [0.717, 1.165) is 22.4 Å². The first-order chi connectivity index (χ1) is 9.18. The minimum absolute atomic E-state index is 0.720. The Balaban J connectivity index is 1.86. The van der Waals surface area contributed by atoms with E-state index in [9.17, 15) is 0 Å². The van der Waals surface area contributed by atoms with Crippen molar-refractivity contribution < 1.29 is 4.74 Å². The summed E-state index contributed by atoms with van der Waals surface area (Å²) in [5.74, 6) is 0. The zero-order valence-electron chi connectivity index (χ0n) is 11.9. The largest absolute Gasteiger partial charge is 0.380 e. The number of benzene rings is 2. The quantitative estimate of drug-likeness (QED) is 0.598. The fraction of sp³-hybridized carbons (Fsp3) is 0.294. The molecule has 0 aromatic heterocycles. The summed E-state index contributed by atoms with van der Waals surface area (Å²) in [5.41, 5.74) is 5.33. The highest BCUT2D eigenvalue weighted by Crippen LogP contribution is 2.13. The molecule has 1 nitrogen and oxygen atoms in total. The molecule has 19 heavy (non-hydrogen) atoms. The Kier molecular flexibility index (Phi) is 4.94. The van der Waals surface area contributed by atoms with Crippen molar-refractivity contribution in [1.82, 2.24) is 0 Å². The molecule has 2 aromatic carbocycles. The molecule has 0 unspecified atom stereocenters. The van der Waals surface area contributed by atoms with Crippen molar-refractivity contribution in [2.24, 2.45) is 0 Å². The zero-order chi connectivity index (χ0) is 13.7. The van der Waals surface area contributed by atoms with Gasteiger partial charge in [0, 0.05) is 6.23 Å². The maximum absolute atomic E-state index is 5.85. The van der Waals surface area contributed by atoms with Crippen molar-refractivity contribution in [3.8, 4) is 0 Å². The number of rotatable bonds is 5. The third kappa shape index (κ3) is 3.79. The molecule has 2 radical (unpaired) electrons. The second kappa shape index (κ2) is 6.69. The highest BCUT2D eigenvalue weighted by atomic mass is 28.2. The summed E-state index contributed by atoms with van der Waals surface area (Å²) in [5, 5.41) is 1.41. The van der Waals surface area contributed by atoms with Crippen LogP contribution in [0.5, 0.6) is 0 Å². The first-order valence-corrected chi connectivity index (χ1v) is 7.81. The highest BCUT2D eigenvalue weighted by molar-refractivity contribution is 6.53. The van der Waals surface area contributed by atoms with Crippen molar-refractivity contribution in [2.45, 2.75) is 27.4 Å². The molecule has 0 bridgehead atoms. The fourth-order valence-corrected chi connectivity index (χ4v) is 3.07. The molecule has 0 aliphatic rings. The molecule has 2 rings (SSSR count). The van der Waals surface area contributed by atoms with E-state index in [4.69, 9.17) is 4.74 Å². The van der Waals surface area contributed by atoms with Gasteiger partial charge in [0.2, 0.25) is 0 Å². The minimum Gasteiger partial charge on any atom is -0.380 e. The lowest BCUT2D eigenvalue weighted by Crippen LogP contribution is -2.22. The third-order valence-corrected chi connectivity index (χ3v) is 4.69. The Morgan fingerprint density at radius 1 is 0.842 bits per heavy atom. The van der Waals surface area contributed by atoms with Gasteiger partial charge >= 0.3 is 0 Å². The van der Waals surface area contributed by atoms with Gasteiger partial charge in [-0.25, -0.2) is 0 Å². The Bertz CT molecular complexity index is 528. The lowest BCUT2D eigenvalue weighted by atomic mass is 10.0.